The van der Waals surface area contributed by atoms with Crippen molar-refractivity contribution >= 4 is 34.5 Å². The first kappa shape index (κ1) is 19.2. The minimum Gasteiger partial charge on any atom is -0.496 e. The van der Waals surface area contributed by atoms with Crippen LogP contribution in [0.25, 0.3) is 0 Å². The maximum atomic E-state index is 12.2. The fourth-order valence-corrected chi connectivity index (χ4v) is 2.75. The third-order valence-electron chi connectivity index (χ3n) is 3.42. The van der Waals surface area contributed by atoms with Gasteiger partial charge in [0.2, 0.25) is 0 Å². The van der Waals surface area contributed by atoms with Crippen molar-refractivity contribution in [1.82, 2.24) is 0 Å². The normalized spacial score (nSPS) is 10.2. The zero-order valence-electron chi connectivity index (χ0n) is 14.1. The van der Waals surface area contributed by atoms with Gasteiger partial charge in [0, 0.05) is 0 Å². The number of methoxy groups -OCH3 is 1. The van der Waals surface area contributed by atoms with E-state index in [1.54, 1.807) is 49.6 Å². The number of carbonyl (C=O) groups excluding carboxylic acids is 2. The lowest BCUT2D eigenvalue weighted by Crippen LogP contribution is -2.10. The van der Waals surface area contributed by atoms with Gasteiger partial charge in [-0.05, 0) is 71.5 Å². The lowest BCUT2D eigenvalue weighted by atomic mass is 10.2. The maximum absolute atomic E-state index is 12.2. The SMILES string of the molecule is CCCCOC(=O)c1ccc(OC(=O)c2ccc(OC)c(I)c2)cc1. The molecule has 0 aliphatic rings. The summed E-state index contributed by atoms with van der Waals surface area (Å²) in [5.74, 6) is 0.207. The Morgan fingerprint density at radius 3 is 2.28 bits per heavy atom. The molecule has 132 valence electrons. The molecule has 0 N–H and O–H groups in total. The van der Waals surface area contributed by atoms with Crippen LogP contribution in [0.1, 0.15) is 40.5 Å². The summed E-state index contributed by atoms with van der Waals surface area (Å²) in [5, 5.41) is 0. The number of rotatable bonds is 7. The highest BCUT2D eigenvalue weighted by atomic mass is 127. The Bertz CT molecular complexity index is 740. The summed E-state index contributed by atoms with van der Waals surface area (Å²) >= 11 is 2.09. The van der Waals surface area contributed by atoms with Gasteiger partial charge in [-0.1, -0.05) is 13.3 Å². The van der Waals surface area contributed by atoms with Crippen molar-refractivity contribution in [3.63, 3.8) is 0 Å². The summed E-state index contributed by atoms with van der Waals surface area (Å²) in [5.41, 5.74) is 0.850. The fraction of sp³-hybridized carbons (Fsp3) is 0.263. The molecule has 0 amide bonds. The summed E-state index contributed by atoms with van der Waals surface area (Å²) in [4.78, 5) is 24.0. The Hall–Kier alpha value is -2.09. The van der Waals surface area contributed by atoms with Gasteiger partial charge in [-0.3, -0.25) is 0 Å². The predicted octanol–water partition coefficient (Wildman–Crippen LogP) is 4.48. The van der Waals surface area contributed by atoms with Gasteiger partial charge in [0.15, 0.2) is 0 Å². The molecule has 0 aliphatic heterocycles. The first-order valence-electron chi connectivity index (χ1n) is 7.88. The molecule has 0 atom stereocenters. The minimum atomic E-state index is -0.473. The largest absolute Gasteiger partial charge is 0.496 e. The average molecular weight is 454 g/mol. The first-order valence-corrected chi connectivity index (χ1v) is 8.96. The summed E-state index contributed by atoms with van der Waals surface area (Å²) in [6.45, 7) is 2.43. The third kappa shape index (κ3) is 5.45. The number of ether oxygens (including phenoxy) is 3. The Balaban J connectivity index is 1.99. The van der Waals surface area contributed by atoms with Gasteiger partial charge in [-0.25, -0.2) is 9.59 Å². The number of hydrogen-bond donors (Lipinski definition) is 0. The van der Waals surface area contributed by atoms with E-state index in [-0.39, 0.29) is 5.97 Å². The fourth-order valence-electron chi connectivity index (χ4n) is 2.01. The number of carbonyl (C=O) groups is 2. The molecular formula is C19H19IO5. The lowest BCUT2D eigenvalue weighted by Gasteiger charge is -2.08. The molecule has 0 saturated carbocycles. The highest BCUT2D eigenvalue weighted by molar-refractivity contribution is 14.1. The molecule has 0 aliphatic carbocycles. The monoisotopic (exact) mass is 454 g/mol. The molecular weight excluding hydrogens is 435 g/mol. The zero-order valence-corrected chi connectivity index (χ0v) is 16.2. The molecule has 0 bridgehead atoms. The Kier molecular flexibility index (Phi) is 7.24. The number of halogens is 1. The molecule has 2 rings (SSSR count). The van der Waals surface area contributed by atoms with Gasteiger partial charge in [-0.15, -0.1) is 0 Å². The number of esters is 2. The van der Waals surface area contributed by atoms with Crippen molar-refractivity contribution in [2.45, 2.75) is 19.8 Å². The molecule has 2 aromatic carbocycles. The van der Waals surface area contributed by atoms with Crippen LogP contribution < -0.4 is 9.47 Å². The van der Waals surface area contributed by atoms with Crippen LogP contribution in [-0.2, 0) is 4.74 Å². The molecule has 0 saturated heterocycles. The predicted molar refractivity (Wildman–Crippen MR) is 102 cm³/mol. The average Bonchev–Trinajstić information content (AvgIpc) is 2.62. The van der Waals surface area contributed by atoms with Crippen molar-refractivity contribution < 1.29 is 23.8 Å². The molecule has 25 heavy (non-hydrogen) atoms. The van der Waals surface area contributed by atoms with Crippen LogP contribution in [0.15, 0.2) is 42.5 Å². The van der Waals surface area contributed by atoms with E-state index in [4.69, 9.17) is 14.2 Å². The Morgan fingerprint density at radius 2 is 1.68 bits per heavy atom. The zero-order chi connectivity index (χ0) is 18.2. The van der Waals surface area contributed by atoms with Crippen LogP contribution in [0, 0.1) is 3.57 Å². The molecule has 0 unspecified atom stereocenters. The smallest absolute Gasteiger partial charge is 0.343 e. The Labute approximate surface area is 160 Å². The van der Waals surface area contributed by atoms with E-state index in [0.29, 0.717) is 29.2 Å². The highest BCUT2D eigenvalue weighted by Crippen LogP contribution is 2.22. The van der Waals surface area contributed by atoms with Gasteiger partial charge in [-0.2, -0.15) is 0 Å². The number of hydrogen-bond acceptors (Lipinski definition) is 5. The third-order valence-corrected chi connectivity index (χ3v) is 4.26. The standard InChI is InChI=1S/C19H19IO5/c1-3-4-11-24-18(21)13-5-8-15(9-6-13)25-19(22)14-7-10-17(23-2)16(20)12-14/h5-10,12H,3-4,11H2,1-2H3. The second-order valence-electron chi connectivity index (χ2n) is 5.25. The molecule has 0 aromatic heterocycles. The summed E-state index contributed by atoms with van der Waals surface area (Å²) in [6.07, 6.45) is 1.80. The molecule has 6 heteroatoms. The highest BCUT2D eigenvalue weighted by Gasteiger charge is 2.12. The van der Waals surface area contributed by atoms with Crippen molar-refractivity contribution in [3.8, 4) is 11.5 Å². The van der Waals surface area contributed by atoms with E-state index in [1.807, 2.05) is 6.92 Å². The summed E-state index contributed by atoms with van der Waals surface area (Å²) in [6, 6.07) is 11.4. The van der Waals surface area contributed by atoms with Crippen LogP contribution in [-0.4, -0.2) is 25.7 Å². The van der Waals surface area contributed by atoms with E-state index >= 15 is 0 Å². The van der Waals surface area contributed by atoms with Gasteiger partial charge >= 0.3 is 11.9 Å². The molecule has 0 spiro atoms. The number of unbranched alkanes of at least 4 members (excludes halogenated alkanes) is 1. The Morgan fingerprint density at radius 1 is 1.00 bits per heavy atom. The second-order valence-corrected chi connectivity index (χ2v) is 6.41. The molecule has 0 heterocycles. The summed E-state index contributed by atoms with van der Waals surface area (Å²) < 4.78 is 16.4. The van der Waals surface area contributed by atoms with Crippen molar-refractivity contribution in [2.75, 3.05) is 13.7 Å². The van der Waals surface area contributed by atoms with Crippen molar-refractivity contribution in [2.24, 2.45) is 0 Å². The van der Waals surface area contributed by atoms with Gasteiger partial charge < -0.3 is 14.2 Å². The van der Waals surface area contributed by atoms with E-state index in [0.717, 1.165) is 16.4 Å². The van der Waals surface area contributed by atoms with E-state index in [1.165, 1.54) is 0 Å². The van der Waals surface area contributed by atoms with Crippen LogP contribution in [0.3, 0.4) is 0 Å². The molecule has 0 radical (unpaired) electrons. The summed E-state index contributed by atoms with van der Waals surface area (Å²) in [7, 11) is 1.57. The van der Waals surface area contributed by atoms with Crippen LogP contribution in [0.4, 0.5) is 0 Å². The maximum Gasteiger partial charge on any atom is 0.343 e. The van der Waals surface area contributed by atoms with E-state index in [2.05, 4.69) is 22.6 Å². The van der Waals surface area contributed by atoms with Crippen LogP contribution in [0.2, 0.25) is 0 Å². The minimum absolute atomic E-state index is 0.362. The molecule has 0 fully saturated rings. The first-order chi connectivity index (χ1) is 12.0. The van der Waals surface area contributed by atoms with Gasteiger partial charge in [0.25, 0.3) is 0 Å². The van der Waals surface area contributed by atoms with Gasteiger partial charge in [0.1, 0.15) is 11.5 Å². The van der Waals surface area contributed by atoms with Crippen LogP contribution in [0.5, 0.6) is 11.5 Å². The van der Waals surface area contributed by atoms with E-state index in [9.17, 15) is 9.59 Å². The quantitative estimate of drug-likeness (QED) is 0.267. The van der Waals surface area contributed by atoms with E-state index < -0.39 is 5.97 Å². The topological polar surface area (TPSA) is 61.8 Å². The van der Waals surface area contributed by atoms with Crippen molar-refractivity contribution in [1.29, 1.82) is 0 Å². The van der Waals surface area contributed by atoms with Gasteiger partial charge in [0.05, 0.1) is 28.4 Å². The lowest BCUT2D eigenvalue weighted by molar-refractivity contribution is 0.0499. The van der Waals surface area contributed by atoms with Crippen LogP contribution >= 0.6 is 22.6 Å². The van der Waals surface area contributed by atoms with Crippen molar-refractivity contribution in [3.05, 3.63) is 57.2 Å². The molecule has 2 aromatic rings. The number of benzene rings is 2. The molecule has 5 nitrogen and oxygen atoms in total. The second kappa shape index (κ2) is 9.41.